The molecule has 0 saturated carbocycles. The lowest BCUT2D eigenvalue weighted by molar-refractivity contribution is -0.390. The number of ether oxygens (including phenoxy) is 2. The molecule has 27 heavy (non-hydrogen) atoms. The van der Waals surface area contributed by atoms with E-state index < -0.39 is 16.6 Å². The Labute approximate surface area is 156 Å². The van der Waals surface area contributed by atoms with Crippen LogP contribution in [0.25, 0.3) is 10.9 Å². The second kappa shape index (κ2) is 7.11. The second-order valence-electron chi connectivity index (χ2n) is 7.07. The van der Waals surface area contributed by atoms with E-state index in [1.165, 1.54) is 6.07 Å². The summed E-state index contributed by atoms with van der Waals surface area (Å²) in [5, 5.41) is 12.0. The van der Waals surface area contributed by atoms with Crippen LogP contribution in [0.4, 0.5) is 10.6 Å². The predicted octanol–water partition coefficient (Wildman–Crippen LogP) is 4.91. The van der Waals surface area contributed by atoms with Gasteiger partial charge in [-0.15, -0.1) is 4.57 Å². The van der Waals surface area contributed by atoms with Gasteiger partial charge in [-0.25, -0.2) is 0 Å². The van der Waals surface area contributed by atoms with Crippen molar-refractivity contribution in [2.75, 3.05) is 0 Å². The summed E-state index contributed by atoms with van der Waals surface area (Å²) in [6.07, 6.45) is -0.801. The quantitative estimate of drug-likeness (QED) is 0.482. The molecule has 140 valence electrons. The molecule has 0 aliphatic heterocycles. The normalized spacial score (nSPS) is 11.4. The molecule has 0 N–H and O–H groups in total. The van der Waals surface area contributed by atoms with Gasteiger partial charge in [-0.2, -0.15) is 4.79 Å². The molecular formula is C20H20N2O5. The molecule has 7 nitrogen and oxygen atoms in total. The summed E-state index contributed by atoms with van der Waals surface area (Å²) >= 11 is 0. The molecule has 3 rings (SSSR count). The summed E-state index contributed by atoms with van der Waals surface area (Å²) in [5.74, 6) is 0.156. The third-order valence-corrected chi connectivity index (χ3v) is 3.77. The first-order chi connectivity index (χ1) is 12.7. The number of hydrogen-bond acceptors (Lipinski definition) is 5. The lowest BCUT2D eigenvalue weighted by Gasteiger charge is -2.17. The Morgan fingerprint density at radius 3 is 2.44 bits per heavy atom. The minimum absolute atomic E-state index is 0.348. The maximum absolute atomic E-state index is 12.5. The van der Waals surface area contributed by atoms with Gasteiger partial charge < -0.3 is 19.6 Å². The van der Waals surface area contributed by atoms with E-state index in [9.17, 15) is 14.9 Å². The van der Waals surface area contributed by atoms with Crippen LogP contribution in [0.1, 0.15) is 26.3 Å². The van der Waals surface area contributed by atoms with E-state index in [1.807, 2.05) is 30.3 Å². The summed E-state index contributed by atoms with van der Waals surface area (Å²) in [6.45, 7) is 5.46. The van der Waals surface area contributed by atoms with Crippen LogP contribution in [0.5, 0.6) is 5.75 Å². The minimum Gasteiger partial charge on any atom is -0.489 e. The SMILES string of the molecule is CC(C)(C)OC(=O)n1c([N+](=O)[O-])cc2ccc(OCc3ccccc3)cc21. The fourth-order valence-electron chi connectivity index (χ4n) is 2.63. The lowest BCUT2D eigenvalue weighted by Crippen LogP contribution is -2.27. The van der Waals surface area contributed by atoms with Crippen molar-refractivity contribution >= 4 is 22.8 Å². The maximum atomic E-state index is 12.5. The molecule has 2 aromatic carbocycles. The molecule has 0 atom stereocenters. The van der Waals surface area contributed by atoms with Gasteiger partial charge >= 0.3 is 11.9 Å². The van der Waals surface area contributed by atoms with E-state index in [0.29, 0.717) is 23.3 Å². The first-order valence-electron chi connectivity index (χ1n) is 8.44. The highest BCUT2D eigenvalue weighted by atomic mass is 16.6. The van der Waals surface area contributed by atoms with E-state index in [-0.39, 0.29) is 5.82 Å². The Morgan fingerprint density at radius 1 is 1.11 bits per heavy atom. The highest BCUT2D eigenvalue weighted by Crippen LogP contribution is 2.30. The molecule has 0 saturated heterocycles. The summed E-state index contributed by atoms with van der Waals surface area (Å²) in [5.41, 5.74) is 0.579. The molecule has 0 bridgehead atoms. The van der Waals surface area contributed by atoms with Crippen molar-refractivity contribution in [3.8, 4) is 5.75 Å². The molecular weight excluding hydrogens is 348 g/mol. The number of aromatic nitrogens is 1. The van der Waals surface area contributed by atoms with Crippen LogP contribution in [0.2, 0.25) is 0 Å². The van der Waals surface area contributed by atoms with Crippen LogP contribution in [0.3, 0.4) is 0 Å². The molecule has 1 aromatic heterocycles. The molecule has 0 unspecified atom stereocenters. The van der Waals surface area contributed by atoms with Gasteiger partial charge in [0.1, 0.15) is 18.0 Å². The second-order valence-corrected chi connectivity index (χ2v) is 7.07. The molecule has 0 aliphatic carbocycles. The van der Waals surface area contributed by atoms with Crippen molar-refractivity contribution < 1.29 is 19.2 Å². The summed E-state index contributed by atoms with van der Waals surface area (Å²) in [7, 11) is 0. The summed E-state index contributed by atoms with van der Waals surface area (Å²) in [6, 6.07) is 16.0. The largest absolute Gasteiger partial charge is 0.513 e. The highest BCUT2D eigenvalue weighted by molar-refractivity contribution is 5.94. The predicted molar refractivity (Wildman–Crippen MR) is 101 cm³/mol. The van der Waals surface area contributed by atoms with E-state index in [0.717, 1.165) is 10.1 Å². The van der Waals surface area contributed by atoms with Gasteiger partial charge in [0.2, 0.25) is 0 Å². The Hall–Kier alpha value is -3.35. The zero-order valence-corrected chi connectivity index (χ0v) is 15.3. The van der Waals surface area contributed by atoms with Gasteiger partial charge in [0.05, 0.1) is 0 Å². The Bertz CT molecular complexity index is 987. The van der Waals surface area contributed by atoms with Crippen molar-refractivity contribution in [1.29, 1.82) is 0 Å². The van der Waals surface area contributed by atoms with Gasteiger partial charge in [0.15, 0.2) is 5.52 Å². The first kappa shape index (κ1) is 18.4. The smallest absolute Gasteiger partial charge is 0.489 e. The van der Waals surface area contributed by atoms with Crippen molar-refractivity contribution in [3.63, 3.8) is 0 Å². The van der Waals surface area contributed by atoms with Crippen LogP contribution in [0.15, 0.2) is 54.6 Å². The molecule has 0 spiro atoms. The third-order valence-electron chi connectivity index (χ3n) is 3.77. The fraction of sp³-hybridized carbons (Fsp3) is 0.250. The van der Waals surface area contributed by atoms with Crippen LogP contribution in [-0.4, -0.2) is 21.2 Å². The number of fused-ring (bicyclic) bond motifs is 1. The number of hydrogen-bond donors (Lipinski definition) is 0. The maximum Gasteiger partial charge on any atom is 0.513 e. The Morgan fingerprint density at radius 2 is 1.81 bits per heavy atom. The number of rotatable bonds is 4. The molecule has 1 heterocycles. The van der Waals surface area contributed by atoms with E-state index >= 15 is 0 Å². The Balaban J connectivity index is 1.97. The van der Waals surface area contributed by atoms with Gasteiger partial charge in [-0.05, 0) is 43.4 Å². The van der Waals surface area contributed by atoms with Crippen LogP contribution < -0.4 is 4.74 Å². The average Bonchev–Trinajstić information content (AvgIpc) is 2.98. The molecule has 0 fully saturated rings. The zero-order valence-electron chi connectivity index (χ0n) is 15.3. The van der Waals surface area contributed by atoms with Crippen LogP contribution >= 0.6 is 0 Å². The number of carbonyl (C=O) groups excluding carboxylic acids is 1. The van der Waals surface area contributed by atoms with E-state index in [1.54, 1.807) is 39.0 Å². The molecule has 7 heteroatoms. The van der Waals surface area contributed by atoms with Crippen molar-refractivity contribution in [2.45, 2.75) is 33.0 Å². The standard InChI is InChI=1S/C20H20N2O5/c1-20(2,3)27-19(23)21-17-12-16(26-13-14-7-5-4-6-8-14)10-9-15(17)11-18(21)22(24)25/h4-12H,13H2,1-3H3. The average molecular weight is 368 g/mol. The van der Waals surface area contributed by atoms with Crippen molar-refractivity contribution in [2.24, 2.45) is 0 Å². The summed E-state index contributed by atoms with van der Waals surface area (Å²) < 4.78 is 12.1. The van der Waals surface area contributed by atoms with Crippen LogP contribution in [-0.2, 0) is 11.3 Å². The lowest BCUT2D eigenvalue weighted by atomic mass is 10.2. The number of carbonyl (C=O) groups is 1. The number of nitrogens with zero attached hydrogens (tertiary/aromatic N) is 2. The van der Waals surface area contributed by atoms with Gasteiger partial charge in [0, 0.05) is 17.5 Å². The summed E-state index contributed by atoms with van der Waals surface area (Å²) in [4.78, 5) is 23.3. The van der Waals surface area contributed by atoms with Gasteiger partial charge in [0.25, 0.3) is 0 Å². The van der Waals surface area contributed by atoms with Crippen molar-refractivity contribution in [1.82, 2.24) is 4.57 Å². The van der Waals surface area contributed by atoms with Crippen molar-refractivity contribution in [3.05, 3.63) is 70.3 Å². The van der Waals surface area contributed by atoms with E-state index in [2.05, 4.69) is 0 Å². The fourth-order valence-corrected chi connectivity index (χ4v) is 2.63. The van der Waals surface area contributed by atoms with Crippen LogP contribution in [0, 0.1) is 10.1 Å². The van der Waals surface area contributed by atoms with Gasteiger partial charge in [-0.3, -0.25) is 0 Å². The molecule has 3 aromatic rings. The molecule has 0 radical (unpaired) electrons. The number of nitro groups is 1. The highest BCUT2D eigenvalue weighted by Gasteiger charge is 2.30. The third kappa shape index (κ3) is 4.25. The topological polar surface area (TPSA) is 83.6 Å². The number of benzene rings is 2. The molecule has 0 aliphatic rings. The first-order valence-corrected chi connectivity index (χ1v) is 8.44. The zero-order chi connectivity index (χ0) is 19.6. The molecule has 0 amide bonds. The minimum atomic E-state index is -0.801. The monoisotopic (exact) mass is 368 g/mol. The Kier molecular flexibility index (Phi) is 4.85. The van der Waals surface area contributed by atoms with E-state index in [4.69, 9.17) is 9.47 Å². The van der Waals surface area contributed by atoms with Gasteiger partial charge in [-0.1, -0.05) is 30.3 Å².